The summed E-state index contributed by atoms with van der Waals surface area (Å²) in [5.74, 6) is 2.12. The van der Waals surface area contributed by atoms with Gasteiger partial charge in [-0.2, -0.15) is 0 Å². The molecule has 0 spiro atoms. The topological polar surface area (TPSA) is 105 Å². The molecule has 0 saturated carbocycles. The maximum absolute atomic E-state index is 11.3. The van der Waals surface area contributed by atoms with Gasteiger partial charge in [0, 0.05) is 6.20 Å². The summed E-state index contributed by atoms with van der Waals surface area (Å²) in [5.41, 5.74) is -1.32. The first-order chi connectivity index (χ1) is 8.12. The number of hydrogen-bond donors (Lipinski definition) is 3. The van der Waals surface area contributed by atoms with E-state index in [0.717, 1.165) is 4.57 Å². The first-order valence-corrected chi connectivity index (χ1v) is 4.76. The van der Waals surface area contributed by atoms with Crippen LogP contribution in [0.25, 0.3) is 0 Å². The smallest absolute Gasteiger partial charge is 0.330 e. The van der Waals surface area contributed by atoms with Crippen LogP contribution >= 0.6 is 0 Å². The van der Waals surface area contributed by atoms with Gasteiger partial charge in [0.25, 0.3) is 5.56 Å². The molecule has 0 aromatic carbocycles. The summed E-state index contributed by atoms with van der Waals surface area (Å²) in [6.07, 6.45) is 5.46. The number of nitrogens with zero attached hydrogens (tertiary/aromatic N) is 1. The SMILES string of the molecule is C#Cc1cn(COC(CO)CO)c(=O)[nH]c1=O. The van der Waals surface area contributed by atoms with Gasteiger partial charge in [0.05, 0.1) is 13.2 Å². The number of aromatic nitrogens is 2. The molecule has 0 atom stereocenters. The standard InChI is InChI=1S/C10H12N2O5/c1-2-7-3-12(10(16)11-9(7)15)6-17-8(4-13)5-14/h1,3,8,13-14H,4-6H2,(H,11,15,16). The highest BCUT2D eigenvalue weighted by molar-refractivity contribution is 5.25. The third kappa shape index (κ3) is 3.29. The first kappa shape index (κ1) is 13.2. The van der Waals surface area contributed by atoms with Gasteiger partial charge in [-0.05, 0) is 0 Å². The van der Waals surface area contributed by atoms with Crippen molar-refractivity contribution >= 4 is 0 Å². The van der Waals surface area contributed by atoms with Crippen LogP contribution in [-0.4, -0.2) is 39.1 Å². The quantitative estimate of drug-likeness (QED) is 0.509. The van der Waals surface area contributed by atoms with Crippen molar-refractivity contribution in [3.8, 4) is 12.3 Å². The van der Waals surface area contributed by atoms with Crippen molar-refractivity contribution in [2.45, 2.75) is 12.8 Å². The summed E-state index contributed by atoms with van der Waals surface area (Å²) in [4.78, 5) is 24.5. The Labute approximate surface area is 96.3 Å². The number of hydrogen-bond acceptors (Lipinski definition) is 5. The Kier molecular flexibility index (Phi) is 4.66. The van der Waals surface area contributed by atoms with E-state index in [2.05, 4.69) is 5.92 Å². The lowest BCUT2D eigenvalue weighted by molar-refractivity contribution is -0.0513. The van der Waals surface area contributed by atoms with Crippen LogP contribution in [0, 0.1) is 12.3 Å². The fourth-order valence-corrected chi connectivity index (χ4v) is 1.06. The monoisotopic (exact) mass is 240 g/mol. The minimum absolute atomic E-state index is 0.00209. The molecule has 1 heterocycles. The summed E-state index contributed by atoms with van der Waals surface area (Å²) in [6, 6.07) is 0. The Hall–Kier alpha value is -1.88. The van der Waals surface area contributed by atoms with Crippen LogP contribution in [0.2, 0.25) is 0 Å². The van der Waals surface area contributed by atoms with E-state index < -0.39 is 17.4 Å². The molecule has 0 aliphatic rings. The molecule has 0 fully saturated rings. The lowest BCUT2D eigenvalue weighted by Crippen LogP contribution is -2.33. The largest absolute Gasteiger partial charge is 0.394 e. The van der Waals surface area contributed by atoms with E-state index in [4.69, 9.17) is 21.4 Å². The summed E-state index contributed by atoms with van der Waals surface area (Å²) >= 11 is 0. The molecule has 0 bridgehead atoms. The maximum Gasteiger partial charge on any atom is 0.330 e. The number of aromatic amines is 1. The number of rotatable bonds is 5. The second kappa shape index (κ2) is 6.00. The predicted octanol–water partition coefficient (Wildman–Crippen LogP) is -2.15. The Morgan fingerprint density at radius 2 is 2.12 bits per heavy atom. The molecule has 1 rings (SSSR count). The van der Waals surface area contributed by atoms with E-state index in [0.29, 0.717) is 0 Å². The van der Waals surface area contributed by atoms with Crippen LogP contribution in [-0.2, 0) is 11.5 Å². The molecule has 7 nitrogen and oxygen atoms in total. The van der Waals surface area contributed by atoms with Gasteiger partial charge < -0.3 is 14.9 Å². The van der Waals surface area contributed by atoms with Crippen LogP contribution in [0.5, 0.6) is 0 Å². The fourth-order valence-electron chi connectivity index (χ4n) is 1.06. The highest BCUT2D eigenvalue weighted by Crippen LogP contribution is 1.92. The van der Waals surface area contributed by atoms with Crippen molar-refractivity contribution in [3.63, 3.8) is 0 Å². The molecular formula is C10H12N2O5. The van der Waals surface area contributed by atoms with Gasteiger partial charge in [0.1, 0.15) is 18.4 Å². The molecule has 0 unspecified atom stereocenters. The highest BCUT2D eigenvalue weighted by atomic mass is 16.5. The molecule has 17 heavy (non-hydrogen) atoms. The van der Waals surface area contributed by atoms with Crippen molar-refractivity contribution in [1.29, 1.82) is 0 Å². The average Bonchev–Trinajstić information content (AvgIpc) is 2.32. The van der Waals surface area contributed by atoms with E-state index in [1.54, 1.807) is 0 Å². The number of terminal acetylenes is 1. The summed E-state index contributed by atoms with van der Waals surface area (Å²) in [5, 5.41) is 17.5. The predicted molar refractivity (Wildman–Crippen MR) is 58.3 cm³/mol. The number of aliphatic hydroxyl groups is 2. The van der Waals surface area contributed by atoms with E-state index in [-0.39, 0.29) is 25.5 Å². The van der Waals surface area contributed by atoms with Crippen molar-refractivity contribution in [2.75, 3.05) is 13.2 Å². The van der Waals surface area contributed by atoms with Crippen molar-refractivity contribution < 1.29 is 14.9 Å². The molecule has 0 saturated heterocycles. The lowest BCUT2D eigenvalue weighted by Gasteiger charge is -2.13. The molecule has 92 valence electrons. The fraction of sp³-hybridized carbons (Fsp3) is 0.400. The Morgan fingerprint density at radius 3 is 2.65 bits per heavy atom. The minimum atomic E-state index is -0.789. The van der Waals surface area contributed by atoms with Gasteiger partial charge >= 0.3 is 5.69 Å². The number of aliphatic hydroxyl groups excluding tert-OH is 2. The van der Waals surface area contributed by atoms with Gasteiger partial charge in [-0.1, -0.05) is 5.92 Å². The van der Waals surface area contributed by atoms with Crippen LogP contribution in [0.3, 0.4) is 0 Å². The zero-order valence-corrected chi connectivity index (χ0v) is 8.92. The van der Waals surface area contributed by atoms with E-state index in [1.807, 2.05) is 4.98 Å². The summed E-state index contributed by atoms with van der Waals surface area (Å²) < 4.78 is 6.06. The second-order valence-electron chi connectivity index (χ2n) is 3.20. The number of H-pyrrole nitrogens is 1. The molecule has 0 aliphatic carbocycles. The van der Waals surface area contributed by atoms with Crippen LogP contribution in [0.1, 0.15) is 5.56 Å². The van der Waals surface area contributed by atoms with E-state index >= 15 is 0 Å². The lowest BCUT2D eigenvalue weighted by atomic mass is 10.3. The molecule has 0 amide bonds. The van der Waals surface area contributed by atoms with Crippen LogP contribution in [0.15, 0.2) is 15.8 Å². The summed E-state index contributed by atoms with van der Waals surface area (Å²) in [6.45, 7) is -0.983. The van der Waals surface area contributed by atoms with Crippen LogP contribution < -0.4 is 11.2 Å². The zero-order valence-electron chi connectivity index (χ0n) is 8.92. The zero-order chi connectivity index (χ0) is 12.8. The van der Waals surface area contributed by atoms with Gasteiger partial charge in [0.15, 0.2) is 0 Å². The minimum Gasteiger partial charge on any atom is -0.394 e. The van der Waals surface area contributed by atoms with Crippen molar-refractivity contribution in [1.82, 2.24) is 9.55 Å². The van der Waals surface area contributed by atoms with Gasteiger partial charge in [-0.15, -0.1) is 6.42 Å². The molecule has 1 aromatic heterocycles. The van der Waals surface area contributed by atoms with Gasteiger partial charge in [-0.3, -0.25) is 14.3 Å². The number of nitrogens with one attached hydrogen (secondary N) is 1. The molecule has 7 heteroatoms. The normalized spacial score (nSPS) is 10.5. The Bertz CT molecular complexity index is 521. The highest BCUT2D eigenvalue weighted by Gasteiger charge is 2.07. The Balaban J connectivity index is 2.89. The maximum atomic E-state index is 11.3. The van der Waals surface area contributed by atoms with Gasteiger partial charge in [-0.25, -0.2) is 4.79 Å². The van der Waals surface area contributed by atoms with E-state index in [9.17, 15) is 9.59 Å². The van der Waals surface area contributed by atoms with Crippen molar-refractivity contribution in [2.24, 2.45) is 0 Å². The molecule has 3 N–H and O–H groups in total. The number of ether oxygens (including phenoxy) is 1. The molecule has 1 aromatic rings. The Morgan fingerprint density at radius 1 is 1.47 bits per heavy atom. The summed E-state index contributed by atoms with van der Waals surface area (Å²) in [7, 11) is 0. The average molecular weight is 240 g/mol. The second-order valence-corrected chi connectivity index (χ2v) is 3.20. The molecule has 0 radical (unpaired) electrons. The van der Waals surface area contributed by atoms with Crippen LogP contribution in [0.4, 0.5) is 0 Å². The molecular weight excluding hydrogens is 228 g/mol. The third-order valence-electron chi connectivity index (χ3n) is 2.02. The van der Waals surface area contributed by atoms with Crippen molar-refractivity contribution in [3.05, 3.63) is 32.6 Å². The third-order valence-corrected chi connectivity index (χ3v) is 2.02. The first-order valence-electron chi connectivity index (χ1n) is 4.76. The molecule has 0 aliphatic heterocycles. The van der Waals surface area contributed by atoms with E-state index in [1.165, 1.54) is 6.20 Å². The van der Waals surface area contributed by atoms with Gasteiger partial charge in [0.2, 0.25) is 0 Å².